The summed E-state index contributed by atoms with van der Waals surface area (Å²) in [5, 5.41) is 10.6. The van der Waals surface area contributed by atoms with Gasteiger partial charge in [-0.25, -0.2) is 9.13 Å². The monoisotopic (exact) mass is 1380 g/mol. The summed E-state index contributed by atoms with van der Waals surface area (Å²) in [6, 6.07) is 0. The predicted octanol–water partition coefficient (Wildman–Crippen LogP) is 21.9. The lowest BCUT2D eigenvalue weighted by Gasteiger charge is -2.21. The van der Waals surface area contributed by atoms with E-state index in [0.29, 0.717) is 31.6 Å². The fourth-order valence-electron chi connectivity index (χ4n) is 11.5. The Kier molecular flexibility index (Phi) is 65.5. The van der Waals surface area contributed by atoms with E-state index in [-0.39, 0.29) is 25.7 Å². The maximum Gasteiger partial charge on any atom is 0.472 e. The van der Waals surface area contributed by atoms with Crippen LogP contribution in [0.1, 0.15) is 388 Å². The van der Waals surface area contributed by atoms with Gasteiger partial charge in [0.1, 0.15) is 19.3 Å². The maximum atomic E-state index is 13.1. The second-order valence-electron chi connectivity index (χ2n) is 28.0. The van der Waals surface area contributed by atoms with E-state index in [0.717, 1.165) is 102 Å². The number of unbranched alkanes of at least 4 members (excludes halogenated alkanes) is 44. The molecule has 0 rings (SSSR count). The van der Waals surface area contributed by atoms with Gasteiger partial charge in [0.25, 0.3) is 0 Å². The number of aliphatic hydroxyl groups is 1. The van der Waals surface area contributed by atoms with Crippen LogP contribution in [0.5, 0.6) is 0 Å². The zero-order chi connectivity index (χ0) is 69.3. The minimum absolute atomic E-state index is 0.107. The number of aliphatic hydroxyl groups excluding tert-OH is 1. The molecule has 0 spiro atoms. The third kappa shape index (κ3) is 68.6. The van der Waals surface area contributed by atoms with Crippen molar-refractivity contribution in [3.8, 4) is 0 Å². The second kappa shape index (κ2) is 66.9. The molecule has 0 aromatic rings. The second-order valence-corrected chi connectivity index (χ2v) is 30.9. The molecule has 94 heavy (non-hydrogen) atoms. The van der Waals surface area contributed by atoms with Gasteiger partial charge in [0.2, 0.25) is 0 Å². The van der Waals surface area contributed by atoms with Crippen molar-refractivity contribution in [1.82, 2.24) is 0 Å². The molecule has 0 radical (unpaired) electrons. The zero-order valence-electron chi connectivity index (χ0n) is 61.3. The standard InChI is InChI=1S/C75H146O17P2/c1-7-9-11-13-15-17-19-21-22-23-24-25-26-27-29-35-41-48-54-60-75(80)91-70(63-85-72(77)57-51-45-39-33-31-30-32-37-43-49-55-67(3)4)65-89-93(81,82)87-61-69(76)62-88-94(83,84)90-66-71(64-86-73(78)58-52-46-42-36-38-44-50-56-68(5)6)92-74(79)59-53-47-40-34-28-20-18-16-14-12-10-8-2/h67-71,76H,7-66H2,1-6H3,(H,81,82)(H,83,84)/t69-,70-,71-/m1/s1. The van der Waals surface area contributed by atoms with Gasteiger partial charge in [-0.2, -0.15) is 0 Å². The van der Waals surface area contributed by atoms with Crippen LogP contribution in [0, 0.1) is 11.8 Å². The van der Waals surface area contributed by atoms with Crippen LogP contribution < -0.4 is 0 Å². The zero-order valence-corrected chi connectivity index (χ0v) is 63.1. The smallest absolute Gasteiger partial charge is 0.462 e. The molecule has 0 fully saturated rings. The molecule has 0 aromatic heterocycles. The predicted molar refractivity (Wildman–Crippen MR) is 381 cm³/mol. The summed E-state index contributed by atoms with van der Waals surface area (Å²) < 4.78 is 68.5. The van der Waals surface area contributed by atoms with Crippen molar-refractivity contribution in [2.75, 3.05) is 39.6 Å². The van der Waals surface area contributed by atoms with Gasteiger partial charge in [0, 0.05) is 25.7 Å². The first-order valence-corrected chi connectivity index (χ1v) is 42.0. The van der Waals surface area contributed by atoms with Crippen LogP contribution in [-0.4, -0.2) is 96.7 Å². The fraction of sp³-hybridized carbons (Fsp3) is 0.947. The average molecular weight is 1380 g/mol. The lowest BCUT2D eigenvalue weighted by Crippen LogP contribution is -2.30. The molecule has 5 atom stereocenters. The number of rotatable bonds is 74. The van der Waals surface area contributed by atoms with E-state index >= 15 is 0 Å². The van der Waals surface area contributed by atoms with E-state index in [2.05, 4.69) is 41.5 Å². The van der Waals surface area contributed by atoms with Gasteiger partial charge in [0.15, 0.2) is 12.2 Å². The highest BCUT2D eigenvalue weighted by Gasteiger charge is 2.30. The molecule has 0 aliphatic heterocycles. The Balaban J connectivity index is 5.22. The first-order chi connectivity index (χ1) is 45.4. The minimum Gasteiger partial charge on any atom is -0.462 e. The number of phosphoric acid groups is 2. The topological polar surface area (TPSA) is 237 Å². The molecular weight excluding hydrogens is 1230 g/mol. The molecule has 2 unspecified atom stereocenters. The number of ether oxygens (including phenoxy) is 4. The Morgan fingerprint density at radius 2 is 0.489 bits per heavy atom. The summed E-state index contributed by atoms with van der Waals surface area (Å²) >= 11 is 0. The lowest BCUT2D eigenvalue weighted by atomic mass is 10.0. The van der Waals surface area contributed by atoms with Gasteiger partial charge < -0.3 is 33.8 Å². The Morgan fingerprint density at radius 3 is 0.723 bits per heavy atom. The highest BCUT2D eigenvalue weighted by Crippen LogP contribution is 2.45. The minimum atomic E-state index is -4.96. The van der Waals surface area contributed by atoms with E-state index in [4.69, 9.17) is 37.0 Å². The van der Waals surface area contributed by atoms with Gasteiger partial charge in [-0.3, -0.25) is 37.3 Å². The number of esters is 4. The Morgan fingerprint density at radius 1 is 0.287 bits per heavy atom. The normalized spacial score (nSPS) is 14.0. The van der Waals surface area contributed by atoms with Gasteiger partial charge >= 0.3 is 39.5 Å². The van der Waals surface area contributed by atoms with Gasteiger partial charge in [0.05, 0.1) is 26.4 Å². The third-order valence-electron chi connectivity index (χ3n) is 17.5. The summed E-state index contributed by atoms with van der Waals surface area (Å²) in [5.74, 6) is -0.654. The average Bonchev–Trinajstić information content (AvgIpc) is 1.61. The molecule has 0 saturated carbocycles. The summed E-state index contributed by atoms with van der Waals surface area (Å²) in [6.07, 6.45) is 54.2. The number of hydrogen-bond donors (Lipinski definition) is 3. The van der Waals surface area contributed by atoms with Gasteiger partial charge in [-0.05, 0) is 37.5 Å². The van der Waals surface area contributed by atoms with Crippen LogP contribution in [0.15, 0.2) is 0 Å². The Bertz CT molecular complexity index is 1820. The van der Waals surface area contributed by atoms with Crippen LogP contribution in [-0.2, 0) is 65.4 Å². The van der Waals surface area contributed by atoms with Crippen LogP contribution in [0.4, 0.5) is 0 Å². The van der Waals surface area contributed by atoms with Crippen LogP contribution >= 0.6 is 15.6 Å². The van der Waals surface area contributed by atoms with Crippen molar-refractivity contribution in [3.05, 3.63) is 0 Å². The summed E-state index contributed by atoms with van der Waals surface area (Å²) in [7, 11) is -9.91. The van der Waals surface area contributed by atoms with Crippen molar-refractivity contribution in [2.45, 2.75) is 407 Å². The summed E-state index contributed by atoms with van der Waals surface area (Å²) in [4.78, 5) is 72.7. The van der Waals surface area contributed by atoms with Crippen LogP contribution in [0.3, 0.4) is 0 Å². The maximum absolute atomic E-state index is 13.1. The highest BCUT2D eigenvalue weighted by atomic mass is 31.2. The Labute approximate surface area is 575 Å². The Hall–Kier alpha value is -1.94. The molecule has 17 nitrogen and oxygen atoms in total. The number of carbonyl (C=O) groups is 4. The van der Waals surface area contributed by atoms with E-state index in [1.165, 1.54) is 199 Å². The quantitative estimate of drug-likeness (QED) is 0.0222. The van der Waals surface area contributed by atoms with Gasteiger partial charge in [-0.1, -0.05) is 337 Å². The lowest BCUT2D eigenvalue weighted by molar-refractivity contribution is -0.161. The first-order valence-electron chi connectivity index (χ1n) is 39.0. The van der Waals surface area contributed by atoms with Crippen molar-refractivity contribution in [1.29, 1.82) is 0 Å². The molecule has 0 aliphatic carbocycles. The fourth-order valence-corrected chi connectivity index (χ4v) is 13.1. The molecular formula is C75H146O17P2. The molecule has 0 bridgehead atoms. The number of phosphoric ester groups is 2. The summed E-state index contributed by atoms with van der Waals surface area (Å²) in [6.45, 7) is 9.53. The first kappa shape index (κ1) is 92.1. The summed E-state index contributed by atoms with van der Waals surface area (Å²) in [5.41, 5.74) is 0. The number of hydrogen-bond acceptors (Lipinski definition) is 15. The third-order valence-corrected chi connectivity index (χ3v) is 19.4. The molecule has 0 aliphatic rings. The molecule has 0 aromatic carbocycles. The SMILES string of the molecule is CCCCCCCCCCCCCCCCCCCCCC(=O)O[C@H](COC(=O)CCCCCCCCCCCCC(C)C)COP(=O)(O)OC[C@@H](O)COP(=O)(O)OC[C@@H](COC(=O)CCCCCCCCCC(C)C)OC(=O)CCCCCCCCCCCCCC. The van der Waals surface area contributed by atoms with Crippen LogP contribution in [0.25, 0.3) is 0 Å². The number of carbonyl (C=O) groups excluding carboxylic acids is 4. The van der Waals surface area contributed by atoms with E-state index in [9.17, 15) is 43.2 Å². The molecule has 19 heteroatoms. The largest absolute Gasteiger partial charge is 0.472 e. The van der Waals surface area contributed by atoms with Gasteiger partial charge in [-0.15, -0.1) is 0 Å². The van der Waals surface area contributed by atoms with E-state index in [1.54, 1.807) is 0 Å². The van der Waals surface area contributed by atoms with E-state index < -0.39 is 97.5 Å². The van der Waals surface area contributed by atoms with Crippen molar-refractivity contribution in [2.24, 2.45) is 11.8 Å². The molecule has 3 N–H and O–H groups in total. The van der Waals surface area contributed by atoms with Crippen molar-refractivity contribution >= 4 is 39.5 Å². The molecule has 0 saturated heterocycles. The van der Waals surface area contributed by atoms with Crippen LogP contribution in [0.2, 0.25) is 0 Å². The van der Waals surface area contributed by atoms with E-state index in [1.807, 2.05) is 0 Å². The molecule has 0 heterocycles. The van der Waals surface area contributed by atoms with Crippen molar-refractivity contribution < 1.29 is 80.2 Å². The highest BCUT2D eigenvalue weighted by molar-refractivity contribution is 7.47. The molecule has 0 amide bonds. The van der Waals surface area contributed by atoms with Crippen molar-refractivity contribution in [3.63, 3.8) is 0 Å². The molecule has 558 valence electrons.